The first-order valence-corrected chi connectivity index (χ1v) is 11.0. The predicted octanol–water partition coefficient (Wildman–Crippen LogP) is 3.40. The van der Waals surface area contributed by atoms with E-state index in [4.69, 9.17) is 0 Å². The Labute approximate surface area is 166 Å². The normalized spacial score (nSPS) is 18.0. The molecule has 0 amide bonds. The lowest BCUT2D eigenvalue weighted by molar-refractivity contribution is 0.457. The highest BCUT2D eigenvalue weighted by Crippen LogP contribution is 2.29. The van der Waals surface area contributed by atoms with Crippen molar-refractivity contribution in [1.82, 2.24) is 14.6 Å². The Morgan fingerprint density at radius 3 is 2.68 bits per heavy atom. The number of fused-ring (bicyclic) bond motifs is 1. The molecule has 1 fully saturated rings. The lowest BCUT2D eigenvalue weighted by Crippen LogP contribution is -2.35. The van der Waals surface area contributed by atoms with Crippen LogP contribution in [0.15, 0.2) is 59.8 Å². The summed E-state index contributed by atoms with van der Waals surface area (Å²) in [6.07, 6.45) is 4.25. The fourth-order valence-electron chi connectivity index (χ4n) is 3.81. The average Bonchev–Trinajstić information content (AvgIpc) is 3.17. The van der Waals surface area contributed by atoms with Crippen LogP contribution in [0.25, 0.3) is 10.8 Å². The molecule has 5 nitrogen and oxygen atoms in total. The Hall–Kier alpha value is -2.28. The minimum Gasteiger partial charge on any atom is -0.309 e. The third kappa shape index (κ3) is 3.68. The van der Waals surface area contributed by atoms with Gasteiger partial charge in [0.05, 0.1) is 4.90 Å². The van der Waals surface area contributed by atoms with Gasteiger partial charge < -0.3 is 5.32 Å². The number of benzene rings is 2. The minimum atomic E-state index is -3.54. The van der Waals surface area contributed by atoms with Gasteiger partial charge in [-0.25, -0.2) is 8.42 Å². The minimum absolute atomic E-state index is 0.161. The summed E-state index contributed by atoms with van der Waals surface area (Å²) < 4.78 is 28.3. The smallest absolute Gasteiger partial charge is 0.243 e. The summed E-state index contributed by atoms with van der Waals surface area (Å²) in [5.74, 6) is 0. The first-order chi connectivity index (χ1) is 13.4. The number of sulfonamides is 1. The van der Waals surface area contributed by atoms with Crippen molar-refractivity contribution in [2.75, 3.05) is 13.1 Å². The number of nitrogens with one attached hydrogen (secondary N) is 1. The molecular weight excluding hydrogens is 370 g/mol. The molecule has 1 atom stereocenters. The average molecular weight is 396 g/mol. The summed E-state index contributed by atoms with van der Waals surface area (Å²) >= 11 is 0. The van der Waals surface area contributed by atoms with Crippen molar-refractivity contribution in [1.29, 1.82) is 0 Å². The summed E-state index contributed by atoms with van der Waals surface area (Å²) in [5, 5.41) is 5.13. The van der Waals surface area contributed by atoms with E-state index < -0.39 is 10.0 Å². The Morgan fingerprint density at radius 1 is 1.11 bits per heavy atom. The molecule has 1 aliphatic heterocycles. The van der Waals surface area contributed by atoms with E-state index in [1.807, 2.05) is 13.0 Å². The molecule has 1 aromatic heterocycles. The summed E-state index contributed by atoms with van der Waals surface area (Å²) in [6.45, 7) is 5.76. The maximum Gasteiger partial charge on any atom is 0.243 e. The highest BCUT2D eigenvalue weighted by molar-refractivity contribution is 7.89. The van der Waals surface area contributed by atoms with E-state index in [0.717, 1.165) is 29.3 Å². The van der Waals surface area contributed by atoms with Crippen molar-refractivity contribution < 1.29 is 8.42 Å². The van der Waals surface area contributed by atoms with E-state index in [1.54, 1.807) is 28.8 Å². The number of nitrogens with zero attached hydrogens (tertiary/aromatic N) is 2. The topological polar surface area (TPSA) is 62.3 Å². The van der Waals surface area contributed by atoms with Crippen LogP contribution in [0.2, 0.25) is 0 Å². The van der Waals surface area contributed by atoms with Crippen molar-refractivity contribution in [3.8, 4) is 0 Å². The third-order valence-corrected chi connectivity index (χ3v) is 7.33. The fourth-order valence-corrected chi connectivity index (χ4v) is 5.59. The van der Waals surface area contributed by atoms with Gasteiger partial charge in [0.2, 0.25) is 10.0 Å². The molecule has 3 aromatic rings. The van der Waals surface area contributed by atoms with Crippen LogP contribution < -0.4 is 5.32 Å². The van der Waals surface area contributed by atoms with Gasteiger partial charge in [-0.2, -0.15) is 4.31 Å². The van der Waals surface area contributed by atoms with E-state index in [0.29, 0.717) is 18.0 Å². The molecule has 1 aliphatic rings. The first-order valence-electron chi connectivity index (χ1n) is 9.57. The number of hydrogen-bond donors (Lipinski definition) is 1. The Kier molecular flexibility index (Phi) is 5.19. The van der Waals surface area contributed by atoms with E-state index in [9.17, 15) is 8.42 Å². The number of aromatic nitrogens is 1. The van der Waals surface area contributed by atoms with Crippen LogP contribution in [0.1, 0.15) is 23.1 Å². The second-order valence-corrected chi connectivity index (χ2v) is 9.43. The van der Waals surface area contributed by atoms with Gasteiger partial charge in [0.15, 0.2) is 0 Å². The Balaban J connectivity index is 1.51. The van der Waals surface area contributed by atoms with Gasteiger partial charge in [-0.3, -0.25) is 4.98 Å². The van der Waals surface area contributed by atoms with Crippen LogP contribution in [-0.4, -0.2) is 36.8 Å². The zero-order valence-electron chi connectivity index (χ0n) is 16.2. The van der Waals surface area contributed by atoms with Crippen molar-refractivity contribution in [3.05, 3.63) is 71.5 Å². The Bertz CT molecular complexity index is 1090. The Morgan fingerprint density at radius 2 is 1.89 bits per heavy atom. The second kappa shape index (κ2) is 7.62. The molecule has 4 rings (SSSR count). The van der Waals surface area contributed by atoms with E-state index in [2.05, 4.69) is 41.5 Å². The SMILES string of the molecule is Cc1ccc(CNC2CCN(S(=O)(=O)c3cccc4cncc(C)c34)C2)cc1. The number of hydrogen-bond acceptors (Lipinski definition) is 4. The van der Waals surface area contributed by atoms with Crippen LogP contribution in [-0.2, 0) is 16.6 Å². The van der Waals surface area contributed by atoms with Crippen LogP contribution in [0.3, 0.4) is 0 Å². The molecular formula is C22H25N3O2S. The van der Waals surface area contributed by atoms with Crippen molar-refractivity contribution >= 4 is 20.8 Å². The van der Waals surface area contributed by atoms with Crippen LogP contribution in [0.5, 0.6) is 0 Å². The second-order valence-electron chi connectivity index (χ2n) is 7.53. The summed E-state index contributed by atoms with van der Waals surface area (Å²) in [5.41, 5.74) is 3.33. The molecule has 6 heteroatoms. The van der Waals surface area contributed by atoms with E-state index >= 15 is 0 Å². The lowest BCUT2D eigenvalue weighted by Gasteiger charge is -2.19. The van der Waals surface area contributed by atoms with Crippen molar-refractivity contribution in [2.45, 2.75) is 37.8 Å². The zero-order valence-corrected chi connectivity index (χ0v) is 17.0. The molecule has 0 bridgehead atoms. The summed E-state index contributed by atoms with van der Waals surface area (Å²) in [4.78, 5) is 4.56. The van der Waals surface area contributed by atoms with Crippen LogP contribution in [0, 0.1) is 13.8 Å². The summed E-state index contributed by atoms with van der Waals surface area (Å²) in [7, 11) is -3.54. The predicted molar refractivity (Wildman–Crippen MR) is 112 cm³/mol. The van der Waals surface area contributed by atoms with Crippen LogP contribution in [0.4, 0.5) is 0 Å². The van der Waals surface area contributed by atoms with E-state index in [-0.39, 0.29) is 6.04 Å². The molecule has 1 saturated heterocycles. The summed E-state index contributed by atoms with van der Waals surface area (Å²) in [6, 6.07) is 14.0. The molecule has 0 spiro atoms. The molecule has 1 N–H and O–H groups in total. The molecule has 1 unspecified atom stereocenters. The van der Waals surface area contributed by atoms with Crippen LogP contribution >= 0.6 is 0 Å². The number of aryl methyl sites for hydroxylation is 2. The molecule has 28 heavy (non-hydrogen) atoms. The maximum atomic E-state index is 13.3. The quantitative estimate of drug-likeness (QED) is 0.719. The van der Waals surface area contributed by atoms with Gasteiger partial charge >= 0.3 is 0 Å². The number of rotatable bonds is 5. The highest BCUT2D eigenvalue weighted by atomic mass is 32.2. The molecule has 0 radical (unpaired) electrons. The maximum absolute atomic E-state index is 13.3. The molecule has 0 aliphatic carbocycles. The lowest BCUT2D eigenvalue weighted by atomic mass is 10.1. The third-order valence-electron chi connectivity index (χ3n) is 5.42. The number of pyridine rings is 1. The first kappa shape index (κ1) is 19.1. The monoisotopic (exact) mass is 395 g/mol. The van der Waals surface area contributed by atoms with Gasteiger partial charge in [0, 0.05) is 48.8 Å². The molecule has 2 heterocycles. The molecule has 0 saturated carbocycles. The van der Waals surface area contributed by atoms with Gasteiger partial charge in [0.25, 0.3) is 0 Å². The molecule has 2 aromatic carbocycles. The largest absolute Gasteiger partial charge is 0.309 e. The standard InChI is InChI=1S/C22H25N3O2S/c1-16-6-8-18(9-7-16)13-24-20-10-11-25(15-20)28(26,27)21-5-3-4-19-14-23-12-17(2)22(19)21/h3-9,12,14,20,24H,10-11,13,15H2,1-2H3. The van der Waals surface area contributed by atoms with Crippen molar-refractivity contribution in [3.63, 3.8) is 0 Å². The van der Waals surface area contributed by atoms with E-state index in [1.165, 1.54) is 11.1 Å². The highest BCUT2D eigenvalue weighted by Gasteiger charge is 2.33. The van der Waals surface area contributed by atoms with Gasteiger partial charge in [-0.05, 0) is 37.5 Å². The zero-order chi connectivity index (χ0) is 19.7. The van der Waals surface area contributed by atoms with Gasteiger partial charge in [-0.1, -0.05) is 42.0 Å². The van der Waals surface area contributed by atoms with Gasteiger partial charge in [0.1, 0.15) is 0 Å². The van der Waals surface area contributed by atoms with Gasteiger partial charge in [-0.15, -0.1) is 0 Å². The fraction of sp³-hybridized carbons (Fsp3) is 0.318. The van der Waals surface area contributed by atoms with Crippen molar-refractivity contribution in [2.24, 2.45) is 0 Å². The molecule has 146 valence electrons.